The van der Waals surface area contributed by atoms with Gasteiger partial charge in [-0.15, -0.1) is 0 Å². The van der Waals surface area contributed by atoms with Gasteiger partial charge >= 0.3 is 0 Å². The zero-order valence-electron chi connectivity index (χ0n) is 10.1. The van der Waals surface area contributed by atoms with Crippen LogP contribution in [0.3, 0.4) is 0 Å². The number of sulfone groups is 1. The van der Waals surface area contributed by atoms with Crippen molar-refractivity contribution in [2.24, 2.45) is 0 Å². The first kappa shape index (κ1) is 13.9. The fraction of sp³-hybridized carbons (Fsp3) is 1.00. The smallest absolute Gasteiger partial charge is 0.148 e. The maximum absolute atomic E-state index is 11.0. The lowest BCUT2D eigenvalue weighted by atomic mass is 9.92. The highest BCUT2D eigenvalue weighted by atomic mass is 32.2. The molecule has 0 aliphatic carbocycles. The predicted molar refractivity (Wildman–Crippen MR) is 64.3 cm³/mol. The summed E-state index contributed by atoms with van der Waals surface area (Å²) in [5.41, 5.74) is -0.655. The van der Waals surface area contributed by atoms with E-state index in [0.717, 1.165) is 25.9 Å². The Kier molecular flexibility index (Phi) is 4.73. The normalized spacial score (nSPS) is 21.2. The number of nitrogens with one attached hydrogen (secondary N) is 1. The summed E-state index contributed by atoms with van der Waals surface area (Å²) < 4.78 is 22.0. The van der Waals surface area contributed by atoms with Gasteiger partial charge in [0.1, 0.15) is 9.84 Å². The van der Waals surface area contributed by atoms with Gasteiger partial charge in [0.25, 0.3) is 0 Å². The predicted octanol–water partition coefficient (Wildman–Crippen LogP) is -0.923. The Balaban J connectivity index is 2.35. The van der Waals surface area contributed by atoms with Crippen molar-refractivity contribution in [3.05, 3.63) is 0 Å². The lowest BCUT2D eigenvalue weighted by molar-refractivity contribution is -0.0141. The van der Waals surface area contributed by atoms with Crippen LogP contribution >= 0.6 is 0 Å². The third kappa shape index (κ3) is 5.25. The van der Waals surface area contributed by atoms with Crippen molar-refractivity contribution < 1.29 is 13.5 Å². The summed E-state index contributed by atoms with van der Waals surface area (Å²) in [5.74, 6) is 0.151. The van der Waals surface area contributed by atoms with Crippen LogP contribution in [-0.2, 0) is 9.84 Å². The van der Waals surface area contributed by atoms with Crippen molar-refractivity contribution in [1.82, 2.24) is 10.2 Å². The summed E-state index contributed by atoms with van der Waals surface area (Å²) in [5, 5.41) is 13.4. The molecule has 0 aromatic carbocycles. The van der Waals surface area contributed by atoms with Crippen LogP contribution < -0.4 is 5.32 Å². The summed E-state index contributed by atoms with van der Waals surface area (Å²) in [7, 11) is -1.06. The molecule has 0 amide bonds. The van der Waals surface area contributed by atoms with Gasteiger partial charge in [-0.1, -0.05) is 0 Å². The monoisotopic (exact) mass is 250 g/mol. The minimum atomic E-state index is -2.92. The molecule has 1 aliphatic heterocycles. The molecule has 0 spiro atoms. The minimum Gasteiger partial charge on any atom is -0.388 e. The quantitative estimate of drug-likeness (QED) is 0.660. The number of hydrogen-bond acceptors (Lipinski definition) is 5. The first-order chi connectivity index (χ1) is 7.31. The lowest BCUT2D eigenvalue weighted by Crippen LogP contribution is -2.49. The van der Waals surface area contributed by atoms with Crippen LogP contribution in [-0.4, -0.2) is 69.3 Å². The van der Waals surface area contributed by atoms with Crippen molar-refractivity contribution in [2.45, 2.75) is 18.4 Å². The van der Waals surface area contributed by atoms with Gasteiger partial charge in [-0.2, -0.15) is 0 Å². The van der Waals surface area contributed by atoms with Crippen molar-refractivity contribution >= 4 is 9.84 Å². The molecule has 1 aliphatic rings. The van der Waals surface area contributed by atoms with E-state index in [4.69, 9.17) is 0 Å². The summed E-state index contributed by atoms with van der Waals surface area (Å²) in [4.78, 5) is 1.90. The van der Waals surface area contributed by atoms with E-state index in [1.54, 1.807) is 0 Å². The summed E-state index contributed by atoms with van der Waals surface area (Å²) in [6.07, 6.45) is 2.70. The molecule has 0 radical (unpaired) electrons. The minimum absolute atomic E-state index is 0.151. The van der Waals surface area contributed by atoms with Crippen molar-refractivity contribution in [3.63, 3.8) is 0 Å². The molecule has 1 heterocycles. The molecule has 0 saturated carbocycles. The highest BCUT2D eigenvalue weighted by Gasteiger charge is 2.30. The average molecular weight is 250 g/mol. The molecule has 6 heteroatoms. The van der Waals surface area contributed by atoms with Crippen LogP contribution in [0.25, 0.3) is 0 Å². The summed E-state index contributed by atoms with van der Waals surface area (Å²) in [6.45, 7) is 2.69. The maximum atomic E-state index is 11.0. The summed E-state index contributed by atoms with van der Waals surface area (Å²) in [6, 6.07) is 0. The maximum Gasteiger partial charge on any atom is 0.148 e. The lowest BCUT2D eigenvalue weighted by Gasteiger charge is -2.35. The second-order valence-corrected chi connectivity index (χ2v) is 7.10. The van der Waals surface area contributed by atoms with E-state index in [2.05, 4.69) is 5.32 Å². The van der Waals surface area contributed by atoms with Crippen LogP contribution in [0, 0.1) is 0 Å². The second-order valence-electron chi connectivity index (χ2n) is 4.84. The number of likely N-dealkylation sites (N-methyl/N-ethyl adjacent to an activating group) is 1. The largest absolute Gasteiger partial charge is 0.388 e. The number of rotatable bonds is 5. The van der Waals surface area contributed by atoms with Gasteiger partial charge in [0.2, 0.25) is 0 Å². The third-order valence-corrected chi connectivity index (χ3v) is 3.87. The number of nitrogens with zero attached hydrogens (tertiary/aromatic N) is 1. The van der Waals surface area contributed by atoms with Gasteiger partial charge in [-0.25, -0.2) is 8.42 Å². The van der Waals surface area contributed by atoms with E-state index < -0.39 is 15.4 Å². The Hall–Kier alpha value is -0.170. The molecule has 0 aromatic heterocycles. The van der Waals surface area contributed by atoms with Crippen LogP contribution in [0.2, 0.25) is 0 Å². The standard InChI is InChI=1S/C10H22N2O3S/c1-12(7-8-16(2,14)15)9-10(13)3-5-11-6-4-10/h11,13H,3-9H2,1-2H3. The third-order valence-electron chi connectivity index (χ3n) is 2.94. The van der Waals surface area contributed by atoms with Gasteiger partial charge in [0, 0.05) is 19.3 Å². The number of aliphatic hydroxyl groups is 1. The van der Waals surface area contributed by atoms with Gasteiger partial charge in [0.15, 0.2) is 0 Å². The van der Waals surface area contributed by atoms with Crippen LogP contribution in [0.4, 0.5) is 0 Å². The van der Waals surface area contributed by atoms with E-state index in [9.17, 15) is 13.5 Å². The Morgan fingerprint density at radius 1 is 1.38 bits per heavy atom. The molecular weight excluding hydrogens is 228 g/mol. The molecule has 2 N–H and O–H groups in total. The molecule has 96 valence electrons. The SMILES string of the molecule is CN(CCS(C)(=O)=O)CC1(O)CCNCC1. The van der Waals surface area contributed by atoms with Gasteiger partial charge < -0.3 is 15.3 Å². The van der Waals surface area contributed by atoms with Gasteiger partial charge in [0.05, 0.1) is 11.4 Å². The fourth-order valence-electron chi connectivity index (χ4n) is 1.95. The van der Waals surface area contributed by atoms with Gasteiger partial charge in [-0.3, -0.25) is 0 Å². The highest BCUT2D eigenvalue weighted by Crippen LogP contribution is 2.18. The number of piperidine rings is 1. The first-order valence-electron chi connectivity index (χ1n) is 5.60. The molecule has 1 rings (SSSR count). The van der Waals surface area contributed by atoms with E-state index >= 15 is 0 Å². The van der Waals surface area contributed by atoms with Crippen LogP contribution in [0.15, 0.2) is 0 Å². The van der Waals surface area contributed by atoms with Crippen molar-refractivity contribution in [1.29, 1.82) is 0 Å². The Labute approximate surface area is 97.7 Å². The molecule has 1 fully saturated rings. The van der Waals surface area contributed by atoms with E-state index in [1.807, 2.05) is 11.9 Å². The second kappa shape index (κ2) is 5.44. The Bertz CT molecular complexity index is 310. The molecule has 0 atom stereocenters. The molecule has 0 bridgehead atoms. The zero-order valence-corrected chi connectivity index (χ0v) is 10.9. The molecule has 0 aromatic rings. The molecule has 16 heavy (non-hydrogen) atoms. The van der Waals surface area contributed by atoms with E-state index in [1.165, 1.54) is 6.26 Å². The number of hydrogen-bond donors (Lipinski definition) is 2. The molecule has 0 unspecified atom stereocenters. The van der Waals surface area contributed by atoms with Gasteiger partial charge in [-0.05, 0) is 33.0 Å². The fourth-order valence-corrected chi connectivity index (χ4v) is 2.60. The molecular formula is C10H22N2O3S. The highest BCUT2D eigenvalue weighted by molar-refractivity contribution is 7.90. The van der Waals surface area contributed by atoms with Crippen LogP contribution in [0.5, 0.6) is 0 Å². The zero-order chi connectivity index (χ0) is 12.2. The van der Waals surface area contributed by atoms with E-state index in [0.29, 0.717) is 13.1 Å². The first-order valence-corrected chi connectivity index (χ1v) is 7.66. The van der Waals surface area contributed by atoms with Crippen molar-refractivity contribution in [3.8, 4) is 0 Å². The molecule has 5 nitrogen and oxygen atoms in total. The van der Waals surface area contributed by atoms with E-state index in [-0.39, 0.29) is 5.75 Å². The topological polar surface area (TPSA) is 69.6 Å². The average Bonchev–Trinajstić information content (AvgIpc) is 2.14. The molecule has 1 saturated heterocycles. The Morgan fingerprint density at radius 2 is 1.94 bits per heavy atom. The Morgan fingerprint density at radius 3 is 2.44 bits per heavy atom. The summed E-state index contributed by atoms with van der Waals surface area (Å²) >= 11 is 0. The van der Waals surface area contributed by atoms with Crippen molar-refractivity contribution in [2.75, 3.05) is 45.2 Å². The van der Waals surface area contributed by atoms with Crippen LogP contribution in [0.1, 0.15) is 12.8 Å².